The lowest BCUT2D eigenvalue weighted by molar-refractivity contribution is -0.264. The van der Waals surface area contributed by atoms with E-state index in [2.05, 4.69) is 27.8 Å². The van der Waals surface area contributed by atoms with Crippen molar-refractivity contribution in [1.82, 2.24) is 5.32 Å². The van der Waals surface area contributed by atoms with Gasteiger partial charge in [-0.25, -0.2) is 0 Å². The second-order valence-electron chi connectivity index (χ2n) is 5.19. The van der Waals surface area contributed by atoms with Crippen LogP contribution in [0.15, 0.2) is 12.7 Å². The lowest BCUT2D eigenvalue weighted by Crippen LogP contribution is -2.66. The van der Waals surface area contributed by atoms with Crippen LogP contribution < -0.4 is 5.32 Å². The summed E-state index contributed by atoms with van der Waals surface area (Å²) < 4.78 is 21.9. The highest BCUT2D eigenvalue weighted by molar-refractivity contribution is 9.09. The zero-order chi connectivity index (χ0) is 18.3. The van der Waals surface area contributed by atoms with Crippen molar-refractivity contribution in [2.45, 2.75) is 51.4 Å². The first-order valence-electron chi connectivity index (χ1n) is 7.35. The summed E-state index contributed by atoms with van der Waals surface area (Å²) in [5.41, 5.74) is 0. The van der Waals surface area contributed by atoms with E-state index in [9.17, 15) is 14.4 Å². The van der Waals surface area contributed by atoms with Crippen molar-refractivity contribution in [3.05, 3.63) is 12.7 Å². The van der Waals surface area contributed by atoms with Crippen molar-refractivity contribution in [2.75, 3.05) is 11.9 Å². The van der Waals surface area contributed by atoms with Crippen LogP contribution in [0.4, 0.5) is 0 Å². The zero-order valence-electron chi connectivity index (χ0n) is 13.8. The van der Waals surface area contributed by atoms with Gasteiger partial charge in [-0.2, -0.15) is 0 Å². The third-order valence-electron chi connectivity index (χ3n) is 3.15. The highest BCUT2D eigenvalue weighted by atomic mass is 79.9. The van der Waals surface area contributed by atoms with Gasteiger partial charge in [-0.05, 0) is 0 Å². The van der Waals surface area contributed by atoms with E-state index in [1.54, 1.807) is 0 Å². The number of esters is 2. The van der Waals surface area contributed by atoms with Crippen molar-refractivity contribution in [3.8, 4) is 0 Å². The molecular weight excluding hydrogens is 386 g/mol. The predicted octanol–water partition coefficient (Wildman–Crippen LogP) is 0.677. The maximum absolute atomic E-state index is 11.5. The van der Waals surface area contributed by atoms with Gasteiger partial charge in [0.15, 0.2) is 18.5 Å². The van der Waals surface area contributed by atoms with Gasteiger partial charge >= 0.3 is 11.9 Å². The molecule has 1 N–H and O–H groups in total. The van der Waals surface area contributed by atoms with Crippen LogP contribution in [0.25, 0.3) is 0 Å². The normalized spacial score (nSPS) is 29.4. The van der Waals surface area contributed by atoms with E-state index in [1.165, 1.54) is 26.8 Å². The molecule has 1 fully saturated rings. The Morgan fingerprint density at radius 3 is 2.21 bits per heavy atom. The second kappa shape index (κ2) is 9.75. The van der Waals surface area contributed by atoms with Crippen LogP contribution in [-0.4, -0.2) is 60.4 Å². The van der Waals surface area contributed by atoms with E-state index in [0.717, 1.165) is 0 Å². The molecule has 0 radical (unpaired) electrons. The van der Waals surface area contributed by atoms with Crippen molar-refractivity contribution >= 4 is 33.8 Å². The van der Waals surface area contributed by atoms with E-state index in [4.69, 9.17) is 18.9 Å². The SMILES string of the molecule is C=CCO[C@@H]1O[C@H](CBr)[C@@H](OC(C)=O)[C@H](OC(C)=O)[C@H]1NC(C)=O. The quantitative estimate of drug-likeness (QED) is 0.376. The fourth-order valence-corrected chi connectivity index (χ4v) is 2.91. The molecule has 136 valence electrons. The number of ether oxygens (including phenoxy) is 4. The van der Waals surface area contributed by atoms with Gasteiger partial charge in [0, 0.05) is 26.1 Å². The van der Waals surface area contributed by atoms with Crippen molar-refractivity contribution in [3.63, 3.8) is 0 Å². The molecule has 0 spiro atoms. The van der Waals surface area contributed by atoms with Gasteiger partial charge in [0.2, 0.25) is 5.91 Å². The molecule has 8 nitrogen and oxygen atoms in total. The van der Waals surface area contributed by atoms with Crippen LogP contribution in [0.3, 0.4) is 0 Å². The van der Waals surface area contributed by atoms with Gasteiger partial charge in [0.25, 0.3) is 0 Å². The van der Waals surface area contributed by atoms with Gasteiger partial charge in [-0.3, -0.25) is 14.4 Å². The fraction of sp³-hybridized carbons (Fsp3) is 0.667. The third kappa shape index (κ3) is 5.88. The Hall–Kier alpha value is -1.45. The van der Waals surface area contributed by atoms with Gasteiger partial charge in [-0.1, -0.05) is 22.0 Å². The number of hydrogen-bond acceptors (Lipinski definition) is 7. The van der Waals surface area contributed by atoms with E-state index in [-0.39, 0.29) is 12.5 Å². The molecule has 24 heavy (non-hydrogen) atoms. The monoisotopic (exact) mass is 407 g/mol. The Balaban J connectivity index is 3.17. The van der Waals surface area contributed by atoms with Gasteiger partial charge in [0.1, 0.15) is 12.1 Å². The molecule has 0 unspecified atom stereocenters. The van der Waals surface area contributed by atoms with Crippen LogP contribution in [0.1, 0.15) is 20.8 Å². The minimum absolute atomic E-state index is 0.167. The van der Waals surface area contributed by atoms with Crippen LogP contribution in [0.2, 0.25) is 0 Å². The van der Waals surface area contributed by atoms with E-state index < -0.39 is 42.6 Å². The van der Waals surface area contributed by atoms with Gasteiger partial charge < -0.3 is 24.3 Å². The molecule has 0 saturated carbocycles. The zero-order valence-corrected chi connectivity index (χ0v) is 15.4. The highest BCUT2D eigenvalue weighted by Gasteiger charge is 2.50. The highest BCUT2D eigenvalue weighted by Crippen LogP contribution is 2.28. The Morgan fingerprint density at radius 2 is 1.75 bits per heavy atom. The number of rotatable bonds is 7. The molecule has 1 aliphatic rings. The summed E-state index contributed by atoms with van der Waals surface area (Å²) >= 11 is 3.28. The maximum Gasteiger partial charge on any atom is 0.303 e. The summed E-state index contributed by atoms with van der Waals surface area (Å²) in [6.07, 6.45) is -1.85. The van der Waals surface area contributed by atoms with E-state index >= 15 is 0 Å². The summed E-state index contributed by atoms with van der Waals surface area (Å²) in [7, 11) is 0. The lowest BCUT2D eigenvalue weighted by Gasteiger charge is -2.44. The molecule has 1 aliphatic heterocycles. The molecule has 1 saturated heterocycles. The Bertz CT molecular complexity index is 484. The molecule has 1 amide bonds. The molecule has 0 aromatic carbocycles. The largest absolute Gasteiger partial charge is 0.456 e. The summed E-state index contributed by atoms with van der Waals surface area (Å²) in [5, 5.41) is 2.95. The summed E-state index contributed by atoms with van der Waals surface area (Å²) in [4.78, 5) is 34.5. The third-order valence-corrected chi connectivity index (χ3v) is 3.79. The standard InChI is InChI=1S/C15H22BrNO7/c1-5-6-21-15-12(17-8(2)18)14(23-10(4)20)13(22-9(3)19)11(7-16)24-15/h5,11-15H,1,6-7H2,2-4H3,(H,17,18)/t11-,12-,13-,14-,15-/m1/s1. The molecule has 0 aliphatic carbocycles. The maximum atomic E-state index is 11.5. The number of nitrogens with one attached hydrogen (secondary N) is 1. The van der Waals surface area contributed by atoms with Crippen molar-refractivity contribution in [1.29, 1.82) is 0 Å². The summed E-state index contributed by atoms with van der Waals surface area (Å²) in [6, 6.07) is -0.842. The molecule has 0 aromatic rings. The number of carbonyl (C=O) groups excluding carboxylic acids is 3. The molecule has 1 rings (SSSR count). The van der Waals surface area contributed by atoms with Gasteiger partial charge in [-0.15, -0.1) is 6.58 Å². The number of halogens is 1. The number of alkyl halides is 1. The number of amides is 1. The minimum atomic E-state index is -0.957. The van der Waals surface area contributed by atoms with Crippen LogP contribution in [-0.2, 0) is 33.3 Å². The molecule has 0 bridgehead atoms. The first-order valence-corrected chi connectivity index (χ1v) is 8.47. The average Bonchev–Trinajstić information content (AvgIpc) is 2.48. The lowest BCUT2D eigenvalue weighted by atomic mass is 9.96. The van der Waals surface area contributed by atoms with Crippen LogP contribution in [0, 0.1) is 0 Å². The van der Waals surface area contributed by atoms with Crippen LogP contribution in [0.5, 0.6) is 0 Å². The molecular formula is C15H22BrNO7. The van der Waals surface area contributed by atoms with E-state index in [0.29, 0.717) is 5.33 Å². The topological polar surface area (TPSA) is 100 Å². The van der Waals surface area contributed by atoms with E-state index in [1.807, 2.05) is 0 Å². The van der Waals surface area contributed by atoms with Gasteiger partial charge in [0.05, 0.1) is 6.61 Å². The predicted molar refractivity (Wildman–Crippen MR) is 87.3 cm³/mol. The average molecular weight is 408 g/mol. The Labute approximate surface area is 149 Å². The first kappa shape index (κ1) is 20.6. The first-order chi connectivity index (χ1) is 11.3. The van der Waals surface area contributed by atoms with Crippen molar-refractivity contribution < 1.29 is 33.3 Å². The minimum Gasteiger partial charge on any atom is -0.456 e. The Morgan fingerprint density at radius 1 is 1.17 bits per heavy atom. The van der Waals surface area contributed by atoms with Crippen LogP contribution >= 0.6 is 15.9 Å². The number of carbonyl (C=O) groups is 3. The second-order valence-corrected chi connectivity index (χ2v) is 5.84. The summed E-state index contributed by atoms with van der Waals surface area (Å²) in [6.45, 7) is 7.51. The molecule has 9 heteroatoms. The summed E-state index contributed by atoms with van der Waals surface area (Å²) in [5.74, 6) is -1.50. The Kier molecular flexibility index (Phi) is 8.37. The smallest absolute Gasteiger partial charge is 0.303 e. The molecule has 0 aromatic heterocycles. The molecule has 5 atom stereocenters. The van der Waals surface area contributed by atoms with Crippen molar-refractivity contribution in [2.24, 2.45) is 0 Å². The number of hydrogen-bond donors (Lipinski definition) is 1. The fourth-order valence-electron chi connectivity index (χ4n) is 2.39. The molecule has 1 heterocycles.